The molecule has 0 amide bonds. The molecule has 1 saturated heterocycles. The van der Waals surface area contributed by atoms with Gasteiger partial charge in [0, 0.05) is 11.8 Å². The zero-order valence-electron chi connectivity index (χ0n) is 21.9. The molecular formula is C27H48O4Si. The molecule has 3 rings (SSSR count). The van der Waals surface area contributed by atoms with Crippen LogP contribution in [0.15, 0.2) is 0 Å². The van der Waals surface area contributed by atoms with E-state index in [2.05, 4.69) is 66.5 Å². The molecule has 1 aliphatic heterocycles. The van der Waals surface area contributed by atoms with Crippen molar-refractivity contribution in [2.24, 2.45) is 29.6 Å². The highest BCUT2D eigenvalue weighted by molar-refractivity contribution is 6.74. The average Bonchev–Trinajstić information content (AvgIpc) is 3.22. The maximum absolute atomic E-state index is 10.9. The second kappa shape index (κ2) is 10.1. The Morgan fingerprint density at radius 1 is 1.19 bits per heavy atom. The van der Waals surface area contributed by atoms with Crippen molar-refractivity contribution in [3.63, 3.8) is 0 Å². The van der Waals surface area contributed by atoms with Crippen LogP contribution in [0, 0.1) is 41.4 Å². The van der Waals surface area contributed by atoms with Gasteiger partial charge in [-0.1, -0.05) is 72.6 Å². The summed E-state index contributed by atoms with van der Waals surface area (Å²) < 4.78 is 19.0. The lowest BCUT2D eigenvalue weighted by molar-refractivity contribution is -0.334. The van der Waals surface area contributed by atoms with Crippen LogP contribution in [0.5, 0.6) is 0 Å². The Bertz CT molecular complexity index is 682. The van der Waals surface area contributed by atoms with Gasteiger partial charge in [0.1, 0.15) is 6.10 Å². The third-order valence-electron chi connectivity index (χ3n) is 8.86. The van der Waals surface area contributed by atoms with Gasteiger partial charge in [0.05, 0.1) is 25.2 Å². The highest BCUT2D eigenvalue weighted by Gasteiger charge is 2.67. The summed E-state index contributed by atoms with van der Waals surface area (Å²) in [6.45, 7) is 19.7. The van der Waals surface area contributed by atoms with Crippen LogP contribution in [0.25, 0.3) is 0 Å². The lowest BCUT2D eigenvalue weighted by Gasteiger charge is -2.61. The fourth-order valence-electron chi connectivity index (χ4n) is 5.85. The fraction of sp³-hybridized carbons (Fsp3) is 0.926. The predicted molar refractivity (Wildman–Crippen MR) is 133 cm³/mol. The lowest BCUT2D eigenvalue weighted by atomic mass is 9.50. The van der Waals surface area contributed by atoms with E-state index >= 15 is 0 Å². The minimum absolute atomic E-state index is 0.0151. The normalized spacial score (nSPS) is 33.7. The van der Waals surface area contributed by atoms with E-state index in [9.17, 15) is 5.11 Å². The number of rotatable bonds is 7. The Kier molecular flexibility index (Phi) is 8.26. The number of hydrogen-bond acceptors (Lipinski definition) is 4. The maximum atomic E-state index is 10.9. The van der Waals surface area contributed by atoms with Gasteiger partial charge in [-0.3, -0.25) is 0 Å². The van der Waals surface area contributed by atoms with Crippen molar-refractivity contribution in [2.75, 3.05) is 13.2 Å². The SMILES string of the molecule is CCCCC(C)C[C@H](C#C[C@H]1[C@@H]2C(C)C3(OCCO3)[C@@H]2CC[C@@H]1O)O[Si](C)(C)C(C)(C)C. The third-order valence-corrected chi connectivity index (χ3v) is 13.3. The molecule has 0 aromatic rings. The van der Waals surface area contributed by atoms with E-state index in [-0.39, 0.29) is 29.1 Å². The molecule has 7 atom stereocenters. The molecule has 1 spiro atoms. The van der Waals surface area contributed by atoms with E-state index in [0.29, 0.717) is 31.0 Å². The topological polar surface area (TPSA) is 47.9 Å². The smallest absolute Gasteiger partial charge is 0.193 e. The minimum Gasteiger partial charge on any atom is -0.403 e. The third kappa shape index (κ3) is 5.15. The van der Waals surface area contributed by atoms with Gasteiger partial charge in [0.15, 0.2) is 14.1 Å². The van der Waals surface area contributed by atoms with Crippen molar-refractivity contribution in [2.45, 2.75) is 116 Å². The van der Waals surface area contributed by atoms with E-state index in [4.69, 9.17) is 13.9 Å². The van der Waals surface area contributed by atoms with Crippen molar-refractivity contribution >= 4 is 8.32 Å². The number of hydrogen-bond donors (Lipinski definition) is 1. The molecule has 1 N–H and O–H groups in total. The van der Waals surface area contributed by atoms with Crippen LogP contribution < -0.4 is 0 Å². The molecule has 3 fully saturated rings. The second-order valence-electron chi connectivity index (χ2n) is 12.2. The fourth-order valence-corrected chi connectivity index (χ4v) is 7.07. The number of ether oxygens (including phenoxy) is 2. The van der Waals surface area contributed by atoms with E-state index in [0.717, 1.165) is 19.3 Å². The summed E-state index contributed by atoms with van der Waals surface area (Å²) in [7, 11) is -1.93. The quantitative estimate of drug-likeness (QED) is 0.371. The number of aliphatic hydroxyl groups excluding tert-OH is 1. The molecule has 4 nitrogen and oxygen atoms in total. The minimum atomic E-state index is -1.93. The van der Waals surface area contributed by atoms with Crippen molar-refractivity contribution in [1.29, 1.82) is 0 Å². The van der Waals surface area contributed by atoms with Crippen LogP contribution >= 0.6 is 0 Å². The Labute approximate surface area is 198 Å². The van der Waals surface area contributed by atoms with Crippen LogP contribution in [0.4, 0.5) is 0 Å². The molecule has 32 heavy (non-hydrogen) atoms. The van der Waals surface area contributed by atoms with Gasteiger partial charge in [-0.05, 0) is 49.2 Å². The molecule has 0 radical (unpaired) electrons. The maximum Gasteiger partial charge on any atom is 0.193 e. The highest BCUT2D eigenvalue weighted by atomic mass is 28.4. The summed E-state index contributed by atoms with van der Waals surface area (Å²) in [5, 5.41) is 11.1. The van der Waals surface area contributed by atoms with Gasteiger partial charge in [0.2, 0.25) is 0 Å². The second-order valence-corrected chi connectivity index (χ2v) is 17.0. The Morgan fingerprint density at radius 2 is 1.84 bits per heavy atom. The van der Waals surface area contributed by atoms with Gasteiger partial charge in [-0.2, -0.15) is 0 Å². The summed E-state index contributed by atoms with van der Waals surface area (Å²) >= 11 is 0. The molecule has 5 heteroatoms. The van der Waals surface area contributed by atoms with Crippen LogP contribution in [-0.2, 0) is 13.9 Å². The largest absolute Gasteiger partial charge is 0.403 e. The Hall–Kier alpha value is -0.383. The Balaban J connectivity index is 1.78. The zero-order valence-corrected chi connectivity index (χ0v) is 22.9. The van der Waals surface area contributed by atoms with Gasteiger partial charge in [-0.15, -0.1) is 0 Å². The predicted octanol–water partition coefficient (Wildman–Crippen LogP) is 5.99. The monoisotopic (exact) mass is 464 g/mol. The first-order chi connectivity index (χ1) is 14.9. The number of fused-ring (bicyclic) bond motifs is 2. The first-order valence-corrected chi connectivity index (χ1v) is 16.0. The summed E-state index contributed by atoms with van der Waals surface area (Å²) in [5.41, 5.74) is 0. The molecular weight excluding hydrogens is 416 g/mol. The first-order valence-electron chi connectivity index (χ1n) is 13.1. The van der Waals surface area contributed by atoms with Gasteiger partial charge in [-0.25, -0.2) is 0 Å². The standard InChI is InChI=1S/C27H48O4Si/c1-9-10-11-19(2)18-21(31-32(7,8)26(4,5)6)12-13-22-24(28)15-14-23-25(22)20(3)27(23)29-16-17-30-27/h19-25,28H,9-11,14-18H2,1-8H3/t19?,20?,21-,22+,23+,24-,25-/m0/s1. The van der Waals surface area contributed by atoms with Crippen LogP contribution in [0.1, 0.15) is 80.1 Å². The molecule has 2 unspecified atom stereocenters. The van der Waals surface area contributed by atoms with Crippen molar-refractivity contribution in [3.05, 3.63) is 0 Å². The zero-order chi connectivity index (χ0) is 23.7. The first kappa shape index (κ1) is 26.2. The van der Waals surface area contributed by atoms with E-state index in [1.165, 1.54) is 19.3 Å². The average molecular weight is 465 g/mol. The highest BCUT2D eigenvalue weighted by Crippen LogP contribution is 2.61. The van der Waals surface area contributed by atoms with E-state index in [1.54, 1.807) is 0 Å². The van der Waals surface area contributed by atoms with Gasteiger partial charge in [0.25, 0.3) is 0 Å². The van der Waals surface area contributed by atoms with Gasteiger partial charge < -0.3 is 19.0 Å². The molecule has 2 saturated carbocycles. The molecule has 0 aromatic carbocycles. The van der Waals surface area contributed by atoms with Crippen LogP contribution in [0.3, 0.4) is 0 Å². The molecule has 1 heterocycles. The summed E-state index contributed by atoms with van der Waals surface area (Å²) in [6.07, 6.45) is 6.00. The number of aliphatic hydroxyl groups is 1. The summed E-state index contributed by atoms with van der Waals surface area (Å²) in [4.78, 5) is 0. The van der Waals surface area contributed by atoms with Crippen molar-refractivity contribution < 1.29 is 19.0 Å². The van der Waals surface area contributed by atoms with E-state index in [1.807, 2.05) is 0 Å². The number of unbranched alkanes of at least 4 members (excludes halogenated alkanes) is 1. The van der Waals surface area contributed by atoms with Crippen molar-refractivity contribution in [3.8, 4) is 11.8 Å². The van der Waals surface area contributed by atoms with Crippen LogP contribution in [0.2, 0.25) is 18.1 Å². The molecule has 3 aliphatic rings. The summed E-state index contributed by atoms with van der Waals surface area (Å²) in [6, 6.07) is 0. The molecule has 184 valence electrons. The molecule has 0 bridgehead atoms. The summed E-state index contributed by atoms with van der Waals surface area (Å²) in [5.74, 6) is 8.25. The van der Waals surface area contributed by atoms with Crippen LogP contribution in [-0.4, -0.2) is 44.6 Å². The lowest BCUT2D eigenvalue weighted by Crippen LogP contribution is -2.67. The van der Waals surface area contributed by atoms with E-state index < -0.39 is 14.1 Å². The van der Waals surface area contributed by atoms with Crippen molar-refractivity contribution in [1.82, 2.24) is 0 Å². The Morgan fingerprint density at radius 3 is 2.44 bits per heavy atom. The molecule has 0 aromatic heterocycles. The molecule has 2 aliphatic carbocycles. The van der Waals surface area contributed by atoms with Gasteiger partial charge >= 0.3 is 0 Å².